The highest BCUT2D eigenvalue weighted by atomic mass is 35.5. The number of nitrogens with zero attached hydrogens (tertiary/aromatic N) is 3. The van der Waals surface area contributed by atoms with E-state index in [-0.39, 0.29) is 16.0 Å². The summed E-state index contributed by atoms with van der Waals surface area (Å²) in [6, 6.07) is 8.85. The third kappa shape index (κ3) is 4.98. The summed E-state index contributed by atoms with van der Waals surface area (Å²) in [4.78, 5) is 16.6. The summed E-state index contributed by atoms with van der Waals surface area (Å²) in [5.74, 6) is 0.520. The lowest BCUT2D eigenvalue weighted by Gasteiger charge is -2.30. The first kappa shape index (κ1) is 21.9. The Morgan fingerprint density at radius 1 is 1.29 bits per heavy atom. The molecule has 4 rings (SSSR count). The number of nitrogens with one attached hydrogen (secondary N) is 1. The van der Waals surface area contributed by atoms with Crippen molar-refractivity contribution in [2.45, 2.75) is 30.5 Å². The van der Waals surface area contributed by atoms with E-state index in [1.165, 1.54) is 4.31 Å². The van der Waals surface area contributed by atoms with E-state index in [0.29, 0.717) is 54.8 Å². The van der Waals surface area contributed by atoms with Gasteiger partial charge in [0.05, 0.1) is 0 Å². The normalized spacial score (nSPS) is 15.8. The minimum Gasteiger partial charge on any atom is -0.352 e. The van der Waals surface area contributed by atoms with Gasteiger partial charge >= 0.3 is 0 Å². The number of sulfonamides is 1. The molecule has 2 aromatic heterocycles. The Kier molecular flexibility index (Phi) is 6.42. The average Bonchev–Trinajstić information content (AvgIpc) is 3.43. The van der Waals surface area contributed by atoms with Crippen LogP contribution in [-0.4, -0.2) is 41.9 Å². The standard InChI is InChI=1S/C20H21ClN4O4S2/c1-13-23-19(24-29-13)16-10-18(30-12-16)31(27,28)25-8-6-15(7-9-25)20(26)22-11-14-2-4-17(21)5-3-14/h2-5,10,12,15H,6-9,11H2,1H3,(H,22,26). The van der Waals surface area contributed by atoms with E-state index in [1.54, 1.807) is 30.5 Å². The zero-order valence-electron chi connectivity index (χ0n) is 16.7. The van der Waals surface area contributed by atoms with Gasteiger partial charge in [-0.05, 0) is 36.6 Å². The number of carbonyl (C=O) groups excluding carboxylic acids is 1. The lowest BCUT2D eigenvalue weighted by atomic mass is 9.97. The van der Waals surface area contributed by atoms with Crippen LogP contribution in [0.1, 0.15) is 24.3 Å². The van der Waals surface area contributed by atoms with E-state index < -0.39 is 10.0 Å². The molecule has 0 bridgehead atoms. The molecule has 1 amide bonds. The first-order chi connectivity index (χ1) is 14.8. The van der Waals surface area contributed by atoms with Crippen molar-refractivity contribution in [3.8, 4) is 11.4 Å². The van der Waals surface area contributed by atoms with E-state index in [9.17, 15) is 13.2 Å². The fourth-order valence-corrected chi connectivity index (χ4v) is 6.31. The molecule has 1 fully saturated rings. The Morgan fingerprint density at radius 3 is 2.65 bits per heavy atom. The van der Waals surface area contributed by atoms with Crippen LogP contribution in [0.15, 0.2) is 44.4 Å². The Labute approximate surface area is 189 Å². The summed E-state index contributed by atoms with van der Waals surface area (Å²) in [6.45, 7) is 2.70. The number of halogens is 1. The summed E-state index contributed by atoms with van der Waals surface area (Å²) >= 11 is 7.00. The number of aromatic nitrogens is 2. The molecule has 0 saturated carbocycles. The highest BCUT2D eigenvalue weighted by molar-refractivity contribution is 7.91. The minimum atomic E-state index is -3.63. The van der Waals surface area contributed by atoms with Crippen LogP contribution in [0.25, 0.3) is 11.4 Å². The molecule has 0 atom stereocenters. The second-order valence-electron chi connectivity index (χ2n) is 7.31. The highest BCUT2D eigenvalue weighted by Gasteiger charge is 2.33. The summed E-state index contributed by atoms with van der Waals surface area (Å²) < 4.78 is 32.7. The second-order valence-corrected chi connectivity index (χ2v) is 10.8. The molecule has 0 unspecified atom stereocenters. The molecule has 1 N–H and O–H groups in total. The van der Waals surface area contributed by atoms with Crippen LogP contribution >= 0.6 is 22.9 Å². The van der Waals surface area contributed by atoms with Gasteiger partial charge in [-0.2, -0.15) is 9.29 Å². The van der Waals surface area contributed by atoms with Crippen molar-refractivity contribution in [2.75, 3.05) is 13.1 Å². The number of benzene rings is 1. The van der Waals surface area contributed by atoms with Gasteiger partial charge in [0.15, 0.2) is 0 Å². The molecule has 1 saturated heterocycles. The van der Waals surface area contributed by atoms with Gasteiger partial charge in [0.25, 0.3) is 10.0 Å². The van der Waals surface area contributed by atoms with Crippen molar-refractivity contribution in [1.29, 1.82) is 0 Å². The lowest BCUT2D eigenvalue weighted by molar-refractivity contribution is -0.126. The van der Waals surface area contributed by atoms with Crippen molar-refractivity contribution >= 4 is 38.9 Å². The van der Waals surface area contributed by atoms with Crippen molar-refractivity contribution in [1.82, 2.24) is 19.8 Å². The Hall–Kier alpha value is -2.27. The van der Waals surface area contributed by atoms with Gasteiger partial charge in [-0.15, -0.1) is 11.3 Å². The predicted octanol–water partition coefficient (Wildman–Crippen LogP) is 3.48. The Balaban J connectivity index is 1.34. The molecule has 0 radical (unpaired) electrons. The highest BCUT2D eigenvalue weighted by Crippen LogP contribution is 2.31. The summed E-state index contributed by atoms with van der Waals surface area (Å²) in [6.07, 6.45) is 0.960. The molecular formula is C20H21ClN4O4S2. The van der Waals surface area contributed by atoms with Crippen molar-refractivity contribution in [3.63, 3.8) is 0 Å². The monoisotopic (exact) mass is 480 g/mol. The molecule has 0 aliphatic carbocycles. The van der Waals surface area contributed by atoms with Gasteiger partial charge in [0, 0.05) is 48.4 Å². The molecular weight excluding hydrogens is 460 g/mol. The molecule has 1 aromatic carbocycles. The van der Waals surface area contributed by atoms with Gasteiger partial charge in [-0.25, -0.2) is 8.42 Å². The van der Waals surface area contributed by atoms with Gasteiger partial charge < -0.3 is 9.84 Å². The van der Waals surface area contributed by atoms with Crippen molar-refractivity contribution in [2.24, 2.45) is 5.92 Å². The average molecular weight is 481 g/mol. The van der Waals surface area contributed by atoms with Gasteiger partial charge in [0.2, 0.25) is 17.6 Å². The third-order valence-electron chi connectivity index (χ3n) is 5.16. The molecule has 0 spiro atoms. The van der Waals surface area contributed by atoms with E-state index >= 15 is 0 Å². The van der Waals surface area contributed by atoms with Crippen LogP contribution in [0.2, 0.25) is 5.02 Å². The summed E-state index contributed by atoms with van der Waals surface area (Å²) in [5, 5.41) is 9.10. The first-order valence-electron chi connectivity index (χ1n) is 9.74. The first-order valence-corrected chi connectivity index (χ1v) is 12.4. The third-order valence-corrected chi connectivity index (χ3v) is 8.73. The minimum absolute atomic E-state index is 0.0575. The van der Waals surface area contributed by atoms with E-state index in [4.69, 9.17) is 16.1 Å². The Bertz CT molecular complexity index is 1170. The fraction of sp³-hybridized carbons (Fsp3) is 0.350. The number of hydrogen-bond donors (Lipinski definition) is 1. The number of amides is 1. The van der Waals surface area contributed by atoms with E-state index in [2.05, 4.69) is 15.5 Å². The topological polar surface area (TPSA) is 105 Å². The van der Waals surface area contributed by atoms with Gasteiger partial charge in [-0.3, -0.25) is 4.79 Å². The SMILES string of the molecule is Cc1nc(-c2csc(S(=O)(=O)N3CCC(C(=O)NCc4ccc(Cl)cc4)CC3)c2)no1. The van der Waals surface area contributed by atoms with Crippen LogP contribution in [-0.2, 0) is 21.4 Å². The van der Waals surface area contributed by atoms with E-state index in [0.717, 1.165) is 16.9 Å². The summed E-state index contributed by atoms with van der Waals surface area (Å²) in [7, 11) is -3.63. The lowest BCUT2D eigenvalue weighted by Crippen LogP contribution is -2.42. The Morgan fingerprint density at radius 2 is 2.00 bits per heavy atom. The van der Waals surface area contributed by atoms with Crippen LogP contribution in [0.4, 0.5) is 0 Å². The van der Waals surface area contributed by atoms with Crippen LogP contribution < -0.4 is 5.32 Å². The molecule has 1 aliphatic heterocycles. The second kappa shape index (κ2) is 9.07. The number of carbonyl (C=O) groups is 1. The van der Waals surface area contributed by atoms with Crippen molar-refractivity contribution in [3.05, 3.63) is 52.2 Å². The quantitative estimate of drug-likeness (QED) is 0.579. The van der Waals surface area contributed by atoms with Crippen LogP contribution in [0.3, 0.4) is 0 Å². The van der Waals surface area contributed by atoms with Gasteiger partial charge in [-0.1, -0.05) is 28.9 Å². The maximum absolute atomic E-state index is 13.0. The number of aryl methyl sites for hydroxylation is 1. The molecule has 3 heterocycles. The smallest absolute Gasteiger partial charge is 0.252 e. The zero-order valence-corrected chi connectivity index (χ0v) is 19.1. The molecule has 8 nitrogen and oxygen atoms in total. The van der Waals surface area contributed by atoms with Crippen molar-refractivity contribution < 1.29 is 17.7 Å². The maximum Gasteiger partial charge on any atom is 0.252 e. The van der Waals surface area contributed by atoms with Crippen LogP contribution in [0.5, 0.6) is 0 Å². The molecule has 31 heavy (non-hydrogen) atoms. The number of piperidine rings is 1. The zero-order chi connectivity index (χ0) is 22.0. The molecule has 11 heteroatoms. The number of thiophene rings is 1. The largest absolute Gasteiger partial charge is 0.352 e. The molecule has 1 aliphatic rings. The van der Waals surface area contributed by atoms with Gasteiger partial charge in [0.1, 0.15) is 4.21 Å². The number of rotatable bonds is 6. The summed E-state index contributed by atoms with van der Waals surface area (Å²) in [5.41, 5.74) is 1.57. The predicted molar refractivity (Wildman–Crippen MR) is 117 cm³/mol. The maximum atomic E-state index is 13.0. The van der Waals surface area contributed by atoms with E-state index in [1.807, 2.05) is 12.1 Å². The fourth-order valence-electron chi connectivity index (χ4n) is 3.41. The molecule has 164 valence electrons. The number of hydrogen-bond acceptors (Lipinski definition) is 7. The molecule has 3 aromatic rings. The van der Waals surface area contributed by atoms with Crippen LogP contribution in [0, 0.1) is 12.8 Å².